The fourth-order valence-electron chi connectivity index (χ4n) is 3.76. The second-order valence-corrected chi connectivity index (χ2v) is 7.45. The topological polar surface area (TPSA) is 59.3 Å². The van der Waals surface area contributed by atoms with Crippen LogP contribution in [0.3, 0.4) is 0 Å². The molecule has 25 heavy (non-hydrogen) atoms. The summed E-state index contributed by atoms with van der Waals surface area (Å²) in [5.74, 6) is 2.27. The number of para-hydroxylation sites is 1. The van der Waals surface area contributed by atoms with Gasteiger partial charge in [-0.15, -0.1) is 0 Å². The molecule has 134 valence electrons. The normalized spacial score (nSPS) is 22.7. The number of hydrogen-bond acceptors (Lipinski definition) is 4. The molecule has 2 atom stereocenters. The second-order valence-electron chi connectivity index (χ2n) is 7.45. The molecule has 1 heterocycles. The molecule has 1 aromatic heterocycles. The van der Waals surface area contributed by atoms with Crippen molar-refractivity contribution in [3.63, 3.8) is 0 Å². The smallest absolute Gasteiger partial charge is 0.262 e. The predicted molar refractivity (Wildman–Crippen MR) is 104 cm³/mol. The lowest BCUT2D eigenvalue weighted by atomic mass is 9.76. The van der Waals surface area contributed by atoms with Gasteiger partial charge in [-0.2, -0.15) is 5.10 Å². The average Bonchev–Trinajstić information content (AvgIpc) is 2.60. The van der Waals surface area contributed by atoms with Crippen LogP contribution in [0.5, 0.6) is 0 Å². The summed E-state index contributed by atoms with van der Waals surface area (Å²) in [6.07, 6.45) is 3.46. The monoisotopic (exact) mass is 340 g/mol. The summed E-state index contributed by atoms with van der Waals surface area (Å²) in [4.78, 5) is 17.3. The van der Waals surface area contributed by atoms with E-state index in [-0.39, 0.29) is 5.56 Å². The Morgan fingerprint density at radius 3 is 2.80 bits per heavy atom. The van der Waals surface area contributed by atoms with Crippen molar-refractivity contribution in [3.8, 4) is 0 Å². The highest BCUT2D eigenvalue weighted by Gasteiger charge is 2.27. The zero-order valence-electron chi connectivity index (χ0n) is 15.6. The van der Waals surface area contributed by atoms with Gasteiger partial charge in [-0.05, 0) is 50.2 Å². The Balaban J connectivity index is 1.98. The molecule has 1 aliphatic carbocycles. The van der Waals surface area contributed by atoms with Gasteiger partial charge in [0.1, 0.15) is 0 Å². The lowest BCUT2D eigenvalue weighted by Gasteiger charge is -2.30. The Hall–Kier alpha value is -2.17. The van der Waals surface area contributed by atoms with Crippen LogP contribution in [0.15, 0.2) is 34.2 Å². The van der Waals surface area contributed by atoms with E-state index >= 15 is 0 Å². The Morgan fingerprint density at radius 1 is 1.32 bits per heavy atom. The van der Waals surface area contributed by atoms with Crippen LogP contribution in [-0.4, -0.2) is 15.3 Å². The summed E-state index contributed by atoms with van der Waals surface area (Å²) in [6.45, 7) is 9.31. The maximum atomic E-state index is 12.7. The number of aromatic nitrogens is 2. The molecule has 1 saturated carbocycles. The molecule has 5 nitrogen and oxygen atoms in total. The summed E-state index contributed by atoms with van der Waals surface area (Å²) in [5.41, 5.74) is 5.01. The molecule has 2 aromatic rings. The van der Waals surface area contributed by atoms with E-state index in [1.165, 1.54) is 18.6 Å². The molecule has 3 rings (SSSR count). The molecule has 0 unspecified atom stereocenters. The lowest BCUT2D eigenvalue weighted by molar-refractivity contribution is 0.364. The molecule has 1 N–H and O–H groups in total. The van der Waals surface area contributed by atoms with Crippen molar-refractivity contribution in [3.05, 3.63) is 34.6 Å². The van der Waals surface area contributed by atoms with Gasteiger partial charge in [0.05, 0.1) is 10.9 Å². The van der Waals surface area contributed by atoms with Crippen LogP contribution in [0.4, 0.5) is 5.95 Å². The summed E-state index contributed by atoms with van der Waals surface area (Å²) >= 11 is 0. The van der Waals surface area contributed by atoms with Crippen LogP contribution in [-0.2, 0) is 6.54 Å². The predicted octanol–water partition coefficient (Wildman–Crippen LogP) is 4.28. The van der Waals surface area contributed by atoms with Crippen LogP contribution in [0, 0.1) is 17.8 Å². The fraction of sp³-hybridized carbons (Fsp3) is 0.550. The molecule has 0 radical (unpaired) electrons. The van der Waals surface area contributed by atoms with Crippen molar-refractivity contribution >= 4 is 22.6 Å². The number of nitrogens with zero attached hydrogens (tertiary/aromatic N) is 3. The number of rotatable bonds is 4. The highest BCUT2D eigenvalue weighted by atomic mass is 16.1. The summed E-state index contributed by atoms with van der Waals surface area (Å²) in [5, 5.41) is 5.35. The van der Waals surface area contributed by atoms with Crippen LogP contribution < -0.4 is 11.0 Å². The van der Waals surface area contributed by atoms with E-state index in [2.05, 4.69) is 31.2 Å². The van der Waals surface area contributed by atoms with E-state index in [9.17, 15) is 4.79 Å². The van der Waals surface area contributed by atoms with E-state index in [4.69, 9.17) is 5.10 Å². The van der Waals surface area contributed by atoms with E-state index in [1.54, 1.807) is 4.57 Å². The minimum absolute atomic E-state index is 0.0202. The maximum absolute atomic E-state index is 12.7. The van der Waals surface area contributed by atoms with Gasteiger partial charge in [0.25, 0.3) is 5.56 Å². The van der Waals surface area contributed by atoms with Gasteiger partial charge in [-0.25, -0.2) is 10.4 Å². The van der Waals surface area contributed by atoms with Gasteiger partial charge in [0, 0.05) is 18.2 Å². The molecule has 0 bridgehead atoms. The maximum Gasteiger partial charge on any atom is 0.262 e. The first kappa shape index (κ1) is 17.6. The van der Waals surface area contributed by atoms with E-state index in [0.717, 1.165) is 6.42 Å². The highest BCUT2D eigenvalue weighted by molar-refractivity contribution is 5.88. The lowest BCUT2D eigenvalue weighted by Crippen LogP contribution is -2.29. The zero-order valence-corrected chi connectivity index (χ0v) is 15.6. The van der Waals surface area contributed by atoms with Crippen molar-refractivity contribution in [2.45, 2.75) is 53.5 Å². The van der Waals surface area contributed by atoms with Gasteiger partial charge in [-0.1, -0.05) is 32.9 Å². The summed E-state index contributed by atoms with van der Waals surface area (Å²) in [6, 6.07) is 7.46. The van der Waals surface area contributed by atoms with Gasteiger partial charge >= 0.3 is 0 Å². The van der Waals surface area contributed by atoms with Crippen molar-refractivity contribution in [1.29, 1.82) is 0 Å². The highest BCUT2D eigenvalue weighted by Crippen LogP contribution is 2.31. The van der Waals surface area contributed by atoms with E-state index in [0.29, 0.717) is 41.1 Å². The Morgan fingerprint density at radius 2 is 2.08 bits per heavy atom. The van der Waals surface area contributed by atoms with Crippen LogP contribution in [0.2, 0.25) is 0 Å². The van der Waals surface area contributed by atoms with Gasteiger partial charge in [-0.3, -0.25) is 9.36 Å². The first-order valence-corrected chi connectivity index (χ1v) is 9.33. The number of hydrazone groups is 1. The van der Waals surface area contributed by atoms with Crippen LogP contribution in [0.1, 0.15) is 47.0 Å². The third-order valence-electron chi connectivity index (χ3n) is 5.24. The molecule has 0 aliphatic heterocycles. The Kier molecular flexibility index (Phi) is 5.21. The van der Waals surface area contributed by atoms with Crippen molar-refractivity contribution in [1.82, 2.24) is 9.55 Å². The zero-order chi connectivity index (χ0) is 18.0. The molecular formula is C20H28N4O. The molecule has 1 aliphatic rings. The molecule has 5 heteroatoms. The molecule has 1 fully saturated rings. The first-order chi connectivity index (χ1) is 12.0. The van der Waals surface area contributed by atoms with Gasteiger partial charge < -0.3 is 0 Å². The number of hydrogen-bond donors (Lipinski definition) is 1. The molecule has 0 amide bonds. The van der Waals surface area contributed by atoms with Crippen molar-refractivity contribution in [2.24, 2.45) is 22.9 Å². The summed E-state index contributed by atoms with van der Waals surface area (Å²) < 4.78 is 1.66. The Labute approximate surface area is 149 Å². The van der Waals surface area contributed by atoms with Crippen LogP contribution >= 0.6 is 0 Å². The second kappa shape index (κ2) is 7.38. The number of fused-ring (bicyclic) bond motifs is 1. The van der Waals surface area contributed by atoms with Gasteiger partial charge in [0.15, 0.2) is 0 Å². The molecule has 0 spiro atoms. The number of benzene rings is 1. The Bertz CT molecular complexity index is 837. The molecule has 1 aromatic carbocycles. The van der Waals surface area contributed by atoms with Gasteiger partial charge in [0.2, 0.25) is 5.95 Å². The SMILES string of the molecule is CCn1c(N/N=C2/C[C@H](C)CC[C@@H]2C(C)C)nc2ccccc2c1=O. The van der Waals surface area contributed by atoms with E-state index < -0.39 is 0 Å². The number of nitrogens with one attached hydrogen (secondary N) is 1. The minimum Gasteiger partial charge on any atom is -0.277 e. The van der Waals surface area contributed by atoms with E-state index in [1.807, 2.05) is 31.2 Å². The number of anilines is 1. The minimum atomic E-state index is -0.0202. The quantitative estimate of drug-likeness (QED) is 0.845. The first-order valence-electron chi connectivity index (χ1n) is 9.33. The summed E-state index contributed by atoms with van der Waals surface area (Å²) in [7, 11) is 0. The fourth-order valence-corrected chi connectivity index (χ4v) is 3.76. The molecule has 0 saturated heterocycles. The average molecular weight is 340 g/mol. The van der Waals surface area contributed by atoms with Crippen molar-refractivity contribution in [2.75, 3.05) is 5.43 Å². The molecular weight excluding hydrogens is 312 g/mol. The largest absolute Gasteiger partial charge is 0.277 e. The third-order valence-corrected chi connectivity index (χ3v) is 5.24. The van der Waals surface area contributed by atoms with Crippen molar-refractivity contribution < 1.29 is 0 Å². The van der Waals surface area contributed by atoms with Crippen LogP contribution in [0.25, 0.3) is 10.9 Å². The standard InChI is InChI=1S/C20H28N4O/c1-5-24-19(25)16-8-6-7-9-17(16)21-20(24)23-22-18-12-14(4)10-11-15(18)13(2)3/h6-9,13-15H,5,10-12H2,1-4H3,(H,21,23)/b22-18-/t14-,15-/m1/s1. The third kappa shape index (κ3) is 3.60.